The minimum Gasteiger partial charge on any atom is -0.456 e. The van der Waals surface area contributed by atoms with Gasteiger partial charge >= 0.3 is 0 Å². The molecule has 0 unspecified atom stereocenters. The predicted molar refractivity (Wildman–Crippen MR) is 282 cm³/mol. The molecule has 16 rings (SSSR count). The third kappa shape index (κ3) is 4.87. The van der Waals surface area contributed by atoms with Gasteiger partial charge in [0.05, 0.1) is 22.1 Å². The van der Waals surface area contributed by atoms with Crippen LogP contribution in [-0.2, 0) is 0 Å². The van der Waals surface area contributed by atoms with Crippen LogP contribution in [0.4, 0.5) is 0 Å². The molecule has 0 saturated carbocycles. The predicted octanol–water partition coefficient (Wildman–Crippen LogP) is 17.8. The number of nitrogens with zero attached hydrogens (tertiary/aromatic N) is 2. The molecule has 0 aliphatic heterocycles. The standard InChI is InChI=1S/C64H36N2O2/c1-2-11-40(12-3-1)65-56-29-23-38(31-50(56)52-33-54-45-15-6-8-19-60(45)67-62(54)35-58(52)65)39-24-30-57-51(32-39)53-34-55-46-16-7-9-20-61(46)68-63(55)36-59(53)66(57)41-25-21-37(22-26-41)42-27-28-49-44-14-5-4-13-43(44)48-18-10-17-47(42)64(48)49/h1-36H. The molecular formula is C64H36N2O2. The summed E-state index contributed by atoms with van der Waals surface area (Å²) in [5, 5.41) is 11.9. The molecule has 0 saturated heterocycles. The summed E-state index contributed by atoms with van der Waals surface area (Å²) < 4.78 is 17.8. The van der Waals surface area contributed by atoms with Crippen LogP contribution in [0.1, 0.15) is 0 Å². The number of hydrogen-bond acceptors (Lipinski definition) is 2. The van der Waals surface area contributed by atoms with E-state index < -0.39 is 0 Å². The Labute approximate surface area is 388 Å². The molecule has 4 nitrogen and oxygen atoms in total. The molecule has 0 bridgehead atoms. The van der Waals surface area contributed by atoms with E-state index in [1.165, 1.54) is 65.7 Å². The van der Waals surface area contributed by atoms with Gasteiger partial charge in [0.15, 0.2) is 0 Å². The van der Waals surface area contributed by atoms with Crippen molar-refractivity contribution in [3.05, 3.63) is 218 Å². The molecule has 0 atom stereocenters. The maximum atomic E-state index is 6.54. The Morgan fingerprint density at radius 1 is 0.235 bits per heavy atom. The third-order valence-electron chi connectivity index (χ3n) is 14.9. The minimum absolute atomic E-state index is 0.883. The van der Waals surface area contributed by atoms with Crippen molar-refractivity contribution in [1.29, 1.82) is 0 Å². The van der Waals surface area contributed by atoms with Crippen LogP contribution >= 0.6 is 0 Å². The van der Waals surface area contributed by atoms with Crippen molar-refractivity contribution in [3.63, 3.8) is 0 Å². The van der Waals surface area contributed by atoms with Gasteiger partial charge in [0.25, 0.3) is 0 Å². The molecule has 4 heteroatoms. The Bertz CT molecular complexity index is 4630. The average Bonchev–Trinajstić information content (AvgIpc) is 4.19. The molecule has 1 aliphatic carbocycles. The SMILES string of the molecule is c1ccc(-n2c3ccc(-c4ccc5c(c4)c4cc6c(cc4n5-c4ccc(-c5ccc7c8c(cccc58)-c5ccccc5-7)cc4)oc4ccccc46)cc3c3cc4c(cc32)oc2ccccc24)cc1. The van der Waals surface area contributed by atoms with E-state index in [-0.39, 0.29) is 0 Å². The van der Waals surface area contributed by atoms with Crippen LogP contribution in [0, 0.1) is 0 Å². The van der Waals surface area contributed by atoms with E-state index in [0.717, 1.165) is 88.4 Å². The Balaban J connectivity index is 0.887. The molecule has 4 aromatic heterocycles. The summed E-state index contributed by atoms with van der Waals surface area (Å²) in [5.74, 6) is 0. The first-order valence-electron chi connectivity index (χ1n) is 23.3. The van der Waals surface area contributed by atoms with Gasteiger partial charge in [-0.25, -0.2) is 0 Å². The zero-order chi connectivity index (χ0) is 44.2. The first-order valence-corrected chi connectivity index (χ1v) is 23.3. The van der Waals surface area contributed by atoms with Crippen LogP contribution in [0.3, 0.4) is 0 Å². The fraction of sp³-hybridized carbons (Fsp3) is 0. The van der Waals surface area contributed by atoms with Crippen LogP contribution in [0.2, 0.25) is 0 Å². The van der Waals surface area contributed by atoms with E-state index >= 15 is 0 Å². The molecule has 0 spiro atoms. The van der Waals surface area contributed by atoms with Crippen LogP contribution < -0.4 is 0 Å². The fourth-order valence-corrected chi connectivity index (χ4v) is 11.8. The highest BCUT2D eigenvalue weighted by molar-refractivity contribution is 6.21. The largest absolute Gasteiger partial charge is 0.456 e. The van der Waals surface area contributed by atoms with Crippen molar-refractivity contribution in [2.75, 3.05) is 0 Å². The van der Waals surface area contributed by atoms with Crippen LogP contribution in [0.25, 0.3) is 154 Å². The van der Waals surface area contributed by atoms with Crippen molar-refractivity contribution >= 4 is 98.3 Å². The maximum Gasteiger partial charge on any atom is 0.137 e. The van der Waals surface area contributed by atoms with Crippen LogP contribution in [0.5, 0.6) is 0 Å². The molecular weight excluding hydrogens is 829 g/mol. The molecule has 0 N–H and O–H groups in total. The van der Waals surface area contributed by atoms with Crippen molar-refractivity contribution in [2.24, 2.45) is 0 Å². The van der Waals surface area contributed by atoms with Crippen molar-refractivity contribution in [3.8, 4) is 55.9 Å². The highest BCUT2D eigenvalue weighted by atomic mass is 16.3. The summed E-state index contributed by atoms with van der Waals surface area (Å²) >= 11 is 0. The molecule has 1 aliphatic rings. The second-order valence-electron chi connectivity index (χ2n) is 18.4. The van der Waals surface area contributed by atoms with Gasteiger partial charge in [-0.15, -0.1) is 0 Å². The third-order valence-corrected chi connectivity index (χ3v) is 14.9. The number of furan rings is 2. The molecule has 0 radical (unpaired) electrons. The number of para-hydroxylation sites is 3. The summed E-state index contributed by atoms with van der Waals surface area (Å²) in [6.45, 7) is 0. The van der Waals surface area contributed by atoms with Gasteiger partial charge in [-0.05, 0) is 128 Å². The number of aromatic nitrogens is 2. The minimum atomic E-state index is 0.883. The molecule has 314 valence electrons. The first-order chi connectivity index (χ1) is 33.7. The molecule has 15 aromatic rings. The van der Waals surface area contributed by atoms with Gasteiger partial charge in [-0.2, -0.15) is 0 Å². The highest BCUT2D eigenvalue weighted by Crippen LogP contribution is 2.50. The number of benzene rings is 11. The summed E-state index contributed by atoms with van der Waals surface area (Å²) in [7, 11) is 0. The lowest BCUT2D eigenvalue weighted by molar-refractivity contribution is 0.669. The van der Waals surface area contributed by atoms with E-state index in [1.807, 2.05) is 12.1 Å². The second kappa shape index (κ2) is 13.3. The zero-order valence-corrected chi connectivity index (χ0v) is 36.5. The van der Waals surface area contributed by atoms with Gasteiger partial charge in [-0.3, -0.25) is 0 Å². The fourth-order valence-electron chi connectivity index (χ4n) is 11.8. The lowest BCUT2D eigenvalue weighted by atomic mass is 9.94. The summed E-state index contributed by atoms with van der Waals surface area (Å²) in [6, 6.07) is 79.7. The molecule has 0 fully saturated rings. The van der Waals surface area contributed by atoms with Crippen LogP contribution in [0.15, 0.2) is 227 Å². The summed E-state index contributed by atoms with van der Waals surface area (Å²) in [5.41, 5.74) is 20.3. The second-order valence-corrected chi connectivity index (χ2v) is 18.4. The van der Waals surface area contributed by atoms with E-state index in [1.54, 1.807) is 0 Å². The van der Waals surface area contributed by atoms with E-state index in [2.05, 4.69) is 215 Å². The van der Waals surface area contributed by atoms with Gasteiger partial charge in [0.1, 0.15) is 22.3 Å². The summed E-state index contributed by atoms with van der Waals surface area (Å²) in [4.78, 5) is 0. The van der Waals surface area contributed by atoms with E-state index in [0.29, 0.717) is 0 Å². The first kappa shape index (κ1) is 36.1. The van der Waals surface area contributed by atoms with E-state index in [4.69, 9.17) is 8.83 Å². The monoisotopic (exact) mass is 864 g/mol. The van der Waals surface area contributed by atoms with Gasteiger partial charge in [0.2, 0.25) is 0 Å². The Hall–Kier alpha value is -9.12. The Morgan fingerprint density at radius 3 is 1.29 bits per heavy atom. The van der Waals surface area contributed by atoms with Gasteiger partial charge in [0, 0.05) is 66.6 Å². The van der Waals surface area contributed by atoms with E-state index in [9.17, 15) is 0 Å². The topological polar surface area (TPSA) is 36.1 Å². The normalized spacial score (nSPS) is 12.4. The smallest absolute Gasteiger partial charge is 0.137 e. The average molecular weight is 865 g/mol. The molecule has 68 heavy (non-hydrogen) atoms. The van der Waals surface area contributed by atoms with Crippen LogP contribution in [-0.4, -0.2) is 9.13 Å². The Kier molecular flexibility index (Phi) is 7.04. The van der Waals surface area contributed by atoms with Crippen molar-refractivity contribution < 1.29 is 8.83 Å². The Morgan fingerprint density at radius 2 is 0.691 bits per heavy atom. The highest BCUT2D eigenvalue weighted by Gasteiger charge is 2.24. The van der Waals surface area contributed by atoms with Gasteiger partial charge < -0.3 is 18.0 Å². The van der Waals surface area contributed by atoms with Gasteiger partial charge in [-0.1, -0.05) is 133 Å². The molecule has 0 amide bonds. The lowest BCUT2D eigenvalue weighted by Crippen LogP contribution is -1.94. The lowest BCUT2D eigenvalue weighted by Gasteiger charge is -2.12. The summed E-state index contributed by atoms with van der Waals surface area (Å²) in [6.07, 6.45) is 0. The van der Waals surface area contributed by atoms with Crippen molar-refractivity contribution in [2.45, 2.75) is 0 Å². The zero-order valence-electron chi connectivity index (χ0n) is 36.5. The van der Waals surface area contributed by atoms with Crippen molar-refractivity contribution in [1.82, 2.24) is 9.13 Å². The molecule has 4 heterocycles. The number of fused-ring (bicyclic) bond motifs is 15. The number of hydrogen-bond donors (Lipinski definition) is 0. The maximum absolute atomic E-state index is 6.54. The number of rotatable bonds is 4. The quantitative estimate of drug-likeness (QED) is 0.177. The molecule has 11 aromatic carbocycles.